The molecule has 0 heterocycles. The van der Waals surface area contributed by atoms with Crippen LogP contribution in [-0.4, -0.2) is 75.5 Å². The first-order valence-electron chi connectivity index (χ1n) is 28.3. The molecule has 0 aromatic heterocycles. The molecule has 0 rings (SSSR count). The average molecular weight is 977 g/mol. The van der Waals surface area contributed by atoms with Gasteiger partial charge in [0.05, 0.1) is 40.3 Å². The van der Waals surface area contributed by atoms with E-state index in [0.29, 0.717) is 12.8 Å². The van der Waals surface area contributed by atoms with Gasteiger partial charge in [0.1, 0.15) is 12.6 Å². The molecule has 0 saturated carbocycles. The lowest BCUT2D eigenvalue weighted by atomic mass is 10.0. The van der Waals surface area contributed by atoms with Gasteiger partial charge in [-0.05, 0) is 89.9 Å². The van der Waals surface area contributed by atoms with Crippen molar-refractivity contribution in [2.45, 2.75) is 238 Å². The minimum atomic E-state index is -1.13. The van der Waals surface area contributed by atoms with Crippen molar-refractivity contribution < 1.29 is 38.2 Å². The number of hydrogen-bond donors (Lipinski definition) is 0. The van der Waals surface area contributed by atoms with Gasteiger partial charge in [0.15, 0.2) is 6.10 Å². The maximum atomic E-state index is 12.8. The number of carbonyl (C=O) groups excluding carboxylic acids is 3. The number of likely N-dealkylation sites (N-methyl/N-ethyl adjacent to an activating group) is 1. The Morgan fingerprint density at radius 3 is 1.11 bits per heavy atom. The van der Waals surface area contributed by atoms with E-state index in [4.69, 9.17) is 14.2 Å². The van der Waals surface area contributed by atoms with E-state index in [0.717, 1.165) is 103 Å². The molecule has 8 nitrogen and oxygen atoms in total. The molecular weight excluding hydrogens is 871 g/mol. The van der Waals surface area contributed by atoms with Crippen molar-refractivity contribution in [1.29, 1.82) is 0 Å². The maximum absolute atomic E-state index is 12.8. The molecule has 2 unspecified atom stereocenters. The first-order chi connectivity index (χ1) is 34.1. The molecule has 0 aromatic rings. The molecule has 70 heavy (non-hydrogen) atoms. The van der Waals surface area contributed by atoms with Gasteiger partial charge in [-0.15, -0.1) is 0 Å². The van der Waals surface area contributed by atoms with Crippen molar-refractivity contribution in [3.05, 3.63) is 97.2 Å². The lowest BCUT2D eigenvalue weighted by Crippen LogP contribution is -2.55. The van der Waals surface area contributed by atoms with Gasteiger partial charge in [-0.25, -0.2) is 0 Å². The largest absolute Gasteiger partial charge is 0.544 e. The molecule has 0 spiro atoms. The van der Waals surface area contributed by atoms with Crippen LogP contribution in [0.1, 0.15) is 226 Å². The molecule has 0 radical (unpaired) electrons. The number of esters is 2. The summed E-state index contributed by atoms with van der Waals surface area (Å²) < 4.78 is 17.3. The Kier molecular flexibility index (Phi) is 48.8. The summed E-state index contributed by atoms with van der Waals surface area (Å²) in [6.07, 6.45) is 70.1. The second-order valence-corrected chi connectivity index (χ2v) is 19.8. The molecule has 2 atom stereocenters. The van der Waals surface area contributed by atoms with E-state index < -0.39 is 18.1 Å². The Morgan fingerprint density at radius 2 is 0.757 bits per heavy atom. The van der Waals surface area contributed by atoms with Gasteiger partial charge >= 0.3 is 11.9 Å². The third-order valence-electron chi connectivity index (χ3n) is 12.2. The van der Waals surface area contributed by atoms with E-state index >= 15 is 0 Å². The van der Waals surface area contributed by atoms with Gasteiger partial charge in [0.2, 0.25) is 0 Å². The molecule has 0 saturated heterocycles. The van der Waals surface area contributed by atoms with Crippen LogP contribution in [-0.2, 0) is 28.6 Å². The second kappa shape index (κ2) is 51.6. The van der Waals surface area contributed by atoms with Crippen LogP contribution in [0.5, 0.6) is 0 Å². The number of hydrogen-bond acceptors (Lipinski definition) is 7. The highest BCUT2D eigenvalue weighted by molar-refractivity contribution is 5.70. The summed E-state index contributed by atoms with van der Waals surface area (Å²) in [5.74, 6) is -1.75. The minimum absolute atomic E-state index is 0.0315. The van der Waals surface area contributed by atoms with Gasteiger partial charge in [-0.1, -0.05) is 214 Å². The molecule has 0 amide bonds. The number of carboxylic acids is 1. The van der Waals surface area contributed by atoms with Crippen LogP contribution in [0.15, 0.2) is 97.2 Å². The zero-order valence-electron chi connectivity index (χ0n) is 45.7. The molecule has 0 aliphatic heterocycles. The highest BCUT2D eigenvalue weighted by atomic mass is 16.6. The van der Waals surface area contributed by atoms with E-state index in [1.165, 1.54) is 89.9 Å². The summed E-state index contributed by atoms with van der Waals surface area (Å²) in [5, 5.41) is 11.7. The van der Waals surface area contributed by atoms with Crippen molar-refractivity contribution in [2.75, 3.05) is 41.0 Å². The number of ether oxygens (including phenoxy) is 3. The number of unbranched alkanes of at least 4 members (excludes halogenated alkanes) is 20. The molecular formula is C62H105NO7. The first kappa shape index (κ1) is 66.2. The highest BCUT2D eigenvalue weighted by Gasteiger charge is 2.25. The Balaban J connectivity index is 4.21. The van der Waals surface area contributed by atoms with Crippen LogP contribution in [0.3, 0.4) is 0 Å². The monoisotopic (exact) mass is 976 g/mol. The molecule has 400 valence electrons. The molecule has 0 bridgehead atoms. The van der Waals surface area contributed by atoms with Gasteiger partial charge in [0, 0.05) is 19.3 Å². The Hall–Kier alpha value is -3.75. The van der Waals surface area contributed by atoms with E-state index in [2.05, 4.69) is 111 Å². The Morgan fingerprint density at radius 1 is 0.429 bits per heavy atom. The van der Waals surface area contributed by atoms with Crippen LogP contribution in [0.4, 0.5) is 0 Å². The summed E-state index contributed by atoms with van der Waals surface area (Å²) in [4.78, 5) is 37.2. The number of carboxylic acid groups (broad SMARTS) is 1. The van der Waals surface area contributed by atoms with E-state index in [-0.39, 0.29) is 42.7 Å². The highest BCUT2D eigenvalue weighted by Crippen LogP contribution is 2.16. The summed E-state index contributed by atoms with van der Waals surface area (Å²) >= 11 is 0. The lowest BCUT2D eigenvalue weighted by molar-refractivity contribution is -0.889. The van der Waals surface area contributed by atoms with E-state index in [1.807, 2.05) is 0 Å². The normalized spacial score (nSPS) is 13.6. The fourth-order valence-corrected chi connectivity index (χ4v) is 7.94. The third-order valence-corrected chi connectivity index (χ3v) is 12.2. The predicted molar refractivity (Wildman–Crippen MR) is 295 cm³/mol. The van der Waals surface area contributed by atoms with Gasteiger partial charge in [0.25, 0.3) is 0 Å². The third kappa shape index (κ3) is 49.2. The Labute approximate surface area is 430 Å². The molecule has 8 heteroatoms. The van der Waals surface area contributed by atoms with Crippen LogP contribution >= 0.6 is 0 Å². The average Bonchev–Trinajstić information content (AvgIpc) is 3.33. The predicted octanol–water partition coefficient (Wildman–Crippen LogP) is 15.6. The van der Waals surface area contributed by atoms with E-state index in [1.54, 1.807) is 21.1 Å². The first-order valence-corrected chi connectivity index (χ1v) is 28.3. The summed E-state index contributed by atoms with van der Waals surface area (Å²) in [7, 11) is 5.41. The van der Waals surface area contributed by atoms with Crippen molar-refractivity contribution in [2.24, 2.45) is 0 Å². The SMILES string of the molecule is CC/C=C/C/C=C/C/C=C/C/C=C/C/C=C/CCCCCCCCCC(=O)OC(COCCC(C(=O)[O-])[N+](C)(C)C)COC(=O)CCCCCCCCCCCCCCC/C=C/C/C=C/C/C=C/CC. The summed E-state index contributed by atoms with van der Waals surface area (Å²) in [5.41, 5.74) is 0. The van der Waals surface area contributed by atoms with Crippen LogP contribution in [0.25, 0.3) is 0 Å². The fraction of sp³-hybridized carbons (Fsp3) is 0.694. The zero-order valence-corrected chi connectivity index (χ0v) is 45.7. The van der Waals surface area contributed by atoms with Gasteiger partial charge in [-0.2, -0.15) is 0 Å². The minimum Gasteiger partial charge on any atom is -0.544 e. The number of allylic oxidation sites excluding steroid dienone is 16. The fourth-order valence-electron chi connectivity index (χ4n) is 7.94. The second-order valence-electron chi connectivity index (χ2n) is 19.8. The molecule has 0 aliphatic carbocycles. The molecule has 0 aromatic carbocycles. The lowest BCUT2D eigenvalue weighted by Gasteiger charge is -2.34. The van der Waals surface area contributed by atoms with Gasteiger partial charge < -0.3 is 28.6 Å². The number of rotatable bonds is 50. The van der Waals surface area contributed by atoms with Crippen LogP contribution in [0, 0.1) is 0 Å². The number of aliphatic carboxylic acids is 1. The molecule has 0 fully saturated rings. The topological polar surface area (TPSA) is 102 Å². The number of carbonyl (C=O) groups is 3. The van der Waals surface area contributed by atoms with E-state index in [9.17, 15) is 19.5 Å². The van der Waals surface area contributed by atoms with Crippen molar-refractivity contribution in [3.8, 4) is 0 Å². The molecule has 0 N–H and O–H groups in total. The Bertz CT molecular complexity index is 1460. The standard InChI is InChI=1S/C62H105NO7/c1-6-8-10-12-14-16-18-20-22-24-26-28-30-32-34-36-38-40-42-44-46-48-50-52-60(64)69-57-58(56-68-55-54-59(62(66)67)63(3,4)5)70-61(65)53-51-49-47-45-43-41-39-37-35-33-31-29-27-25-23-21-19-17-15-13-11-9-7-2/h8-11,14-17,20-23,27,29,33,35,58-59H,6-7,12-13,18-19,24-26,28,30-32,34,36-57H2,1-5H3/b10-8+,11-9+,16-14+,17-15+,22-20+,23-21+,29-27+,35-33+. The zero-order chi connectivity index (χ0) is 51.3. The van der Waals surface area contributed by atoms with Crippen LogP contribution in [0.2, 0.25) is 0 Å². The smallest absolute Gasteiger partial charge is 0.306 e. The summed E-state index contributed by atoms with van der Waals surface area (Å²) in [6, 6.07) is -0.734. The van der Waals surface area contributed by atoms with Gasteiger partial charge in [-0.3, -0.25) is 9.59 Å². The summed E-state index contributed by atoms with van der Waals surface area (Å²) in [6.45, 7) is 4.44. The number of quaternary nitrogens is 1. The van der Waals surface area contributed by atoms with Crippen LogP contribution < -0.4 is 5.11 Å². The molecule has 0 aliphatic rings. The quantitative estimate of drug-likeness (QED) is 0.0259. The maximum Gasteiger partial charge on any atom is 0.306 e. The number of nitrogens with zero attached hydrogens (tertiary/aromatic N) is 1. The van der Waals surface area contributed by atoms with Crippen molar-refractivity contribution in [3.63, 3.8) is 0 Å². The van der Waals surface area contributed by atoms with Crippen molar-refractivity contribution in [1.82, 2.24) is 0 Å². The van der Waals surface area contributed by atoms with Crippen molar-refractivity contribution >= 4 is 17.9 Å².